The highest BCUT2D eigenvalue weighted by atomic mass is 32.2. The van der Waals surface area contributed by atoms with Crippen LogP contribution in [-0.2, 0) is 28.5 Å². The quantitative estimate of drug-likeness (QED) is 0.393. The Balaban J connectivity index is 1.33. The molecule has 0 radical (unpaired) electrons. The van der Waals surface area contributed by atoms with Crippen LogP contribution in [0.3, 0.4) is 0 Å². The van der Waals surface area contributed by atoms with E-state index in [-0.39, 0.29) is 22.8 Å². The van der Waals surface area contributed by atoms with E-state index in [1.165, 1.54) is 18.5 Å². The van der Waals surface area contributed by atoms with Crippen LogP contribution in [0, 0.1) is 6.92 Å². The van der Waals surface area contributed by atoms with Crippen LogP contribution in [-0.4, -0.2) is 70.9 Å². The third-order valence-electron chi connectivity index (χ3n) is 7.55. The maximum atomic E-state index is 14.9. The molecule has 4 heterocycles. The average molecular weight is 578 g/mol. The van der Waals surface area contributed by atoms with Crippen LogP contribution in [0.5, 0.6) is 6.01 Å². The van der Waals surface area contributed by atoms with Crippen LogP contribution in [0.25, 0.3) is 11.2 Å². The second-order valence-corrected chi connectivity index (χ2v) is 12.6. The van der Waals surface area contributed by atoms with E-state index in [4.69, 9.17) is 28.9 Å². The summed E-state index contributed by atoms with van der Waals surface area (Å²) in [5.41, 5.74) is 5.88. The summed E-state index contributed by atoms with van der Waals surface area (Å²) >= 11 is 0. The van der Waals surface area contributed by atoms with Crippen molar-refractivity contribution in [2.45, 2.75) is 87.3 Å². The van der Waals surface area contributed by atoms with Gasteiger partial charge in [0, 0.05) is 0 Å². The van der Waals surface area contributed by atoms with E-state index in [1.54, 1.807) is 30.5 Å². The fraction of sp³-hybridized carbons (Fsp3) is 0.577. The molecule has 2 aromatic heterocycles. The summed E-state index contributed by atoms with van der Waals surface area (Å²) in [5, 5.41) is 0. The van der Waals surface area contributed by atoms with Crippen molar-refractivity contribution >= 4 is 27.1 Å². The Morgan fingerprint density at radius 3 is 2.55 bits per heavy atom. The minimum Gasteiger partial charge on any atom is -0.460 e. The van der Waals surface area contributed by atoms with Gasteiger partial charge in [-0.2, -0.15) is 18.4 Å². The van der Waals surface area contributed by atoms with Crippen molar-refractivity contribution < 1.29 is 35.9 Å². The SMILES string of the molecule is Cc1ccc(S(=O)(=O)OC[C@]2(CF)O[C@@H](n3cnc4c(N)nc(OC5CCCC5)nc43)[C@@H]3OC(C)(C)O[C@@H]32)cc1. The highest BCUT2D eigenvalue weighted by Crippen LogP contribution is 2.49. The zero-order chi connectivity index (χ0) is 28.3. The molecule has 216 valence electrons. The number of fused-ring (bicyclic) bond motifs is 2. The number of nitrogens with zero attached hydrogens (tertiary/aromatic N) is 4. The predicted molar refractivity (Wildman–Crippen MR) is 140 cm³/mol. The molecular formula is C26H32FN5O7S. The Kier molecular flexibility index (Phi) is 6.73. The molecule has 2 saturated heterocycles. The number of aromatic nitrogens is 4. The largest absolute Gasteiger partial charge is 0.460 e. The molecule has 1 saturated carbocycles. The van der Waals surface area contributed by atoms with Crippen molar-refractivity contribution in [1.82, 2.24) is 19.5 Å². The van der Waals surface area contributed by atoms with Gasteiger partial charge in [0.05, 0.1) is 11.2 Å². The topological polar surface area (TPSA) is 150 Å². The molecule has 2 aliphatic heterocycles. The molecule has 0 amide bonds. The molecule has 14 heteroatoms. The van der Waals surface area contributed by atoms with Crippen molar-refractivity contribution in [1.29, 1.82) is 0 Å². The molecule has 3 aliphatic rings. The van der Waals surface area contributed by atoms with Crippen LogP contribution in [0.2, 0.25) is 0 Å². The fourth-order valence-corrected chi connectivity index (χ4v) is 6.48. The molecule has 0 spiro atoms. The number of nitrogen functional groups attached to an aromatic ring is 1. The lowest BCUT2D eigenvalue weighted by atomic mass is 9.97. The number of alkyl halides is 1. The summed E-state index contributed by atoms with van der Waals surface area (Å²) in [6, 6.07) is 6.27. The van der Waals surface area contributed by atoms with Gasteiger partial charge in [-0.15, -0.1) is 0 Å². The third-order valence-corrected chi connectivity index (χ3v) is 8.83. The van der Waals surface area contributed by atoms with Crippen molar-refractivity contribution in [2.75, 3.05) is 19.0 Å². The van der Waals surface area contributed by atoms with Crippen molar-refractivity contribution in [2.24, 2.45) is 0 Å². The number of benzene rings is 1. The van der Waals surface area contributed by atoms with Crippen LogP contribution in [0.4, 0.5) is 10.2 Å². The standard InChI is InChI=1S/C26H32FN5O7S/c1-15-8-10-17(11-9-15)40(33,34)35-13-26(12-27)20-19(37-25(2,3)38-20)23(39-26)32-14-29-18-21(28)30-24(31-22(18)32)36-16-6-4-5-7-16/h8-11,14,16,19-20,23H,4-7,12-13H2,1-3H3,(H2,28,30,31)/t19-,20+,23-,26+/m1/s1. The first-order valence-corrected chi connectivity index (χ1v) is 14.6. The molecule has 1 aliphatic carbocycles. The smallest absolute Gasteiger partial charge is 0.320 e. The summed E-state index contributed by atoms with van der Waals surface area (Å²) in [4.78, 5) is 13.1. The second-order valence-electron chi connectivity index (χ2n) is 11.0. The molecule has 3 aromatic rings. The Morgan fingerprint density at radius 1 is 1.12 bits per heavy atom. The van der Waals surface area contributed by atoms with Crippen molar-refractivity contribution in [3.63, 3.8) is 0 Å². The van der Waals surface area contributed by atoms with Gasteiger partial charge in [0.2, 0.25) is 0 Å². The van der Waals surface area contributed by atoms with Crippen molar-refractivity contribution in [3.8, 4) is 6.01 Å². The van der Waals surface area contributed by atoms with E-state index < -0.39 is 53.2 Å². The number of rotatable bonds is 8. The Morgan fingerprint density at radius 2 is 1.85 bits per heavy atom. The maximum absolute atomic E-state index is 14.9. The van der Waals surface area contributed by atoms with E-state index in [9.17, 15) is 12.8 Å². The van der Waals surface area contributed by atoms with Crippen LogP contribution in [0.15, 0.2) is 35.5 Å². The predicted octanol–water partition coefficient (Wildman–Crippen LogP) is 3.20. The van der Waals surface area contributed by atoms with Gasteiger partial charge in [0.25, 0.3) is 10.1 Å². The van der Waals surface area contributed by atoms with Gasteiger partial charge in [-0.05, 0) is 58.6 Å². The third kappa shape index (κ3) is 4.81. The van der Waals surface area contributed by atoms with Gasteiger partial charge in [-0.3, -0.25) is 8.75 Å². The van der Waals surface area contributed by atoms with Crippen LogP contribution < -0.4 is 10.5 Å². The van der Waals surface area contributed by atoms with Gasteiger partial charge in [0.1, 0.15) is 31.6 Å². The number of hydrogen-bond acceptors (Lipinski definition) is 11. The summed E-state index contributed by atoms with van der Waals surface area (Å²) in [5.74, 6) is -0.978. The Hall–Kier alpha value is -2.91. The van der Waals surface area contributed by atoms with Crippen LogP contribution >= 0.6 is 0 Å². The molecule has 12 nitrogen and oxygen atoms in total. The molecule has 2 N–H and O–H groups in total. The average Bonchev–Trinajstić information content (AvgIpc) is 3.68. The lowest BCUT2D eigenvalue weighted by Gasteiger charge is -2.32. The van der Waals surface area contributed by atoms with Gasteiger partial charge >= 0.3 is 6.01 Å². The van der Waals surface area contributed by atoms with Gasteiger partial charge in [-0.1, -0.05) is 17.7 Å². The first-order chi connectivity index (χ1) is 19.0. The monoisotopic (exact) mass is 577 g/mol. The number of halogens is 1. The zero-order valence-electron chi connectivity index (χ0n) is 22.4. The summed E-state index contributed by atoms with van der Waals surface area (Å²) in [7, 11) is -4.21. The van der Waals surface area contributed by atoms with E-state index in [0.717, 1.165) is 31.2 Å². The molecular weight excluding hydrogens is 545 g/mol. The van der Waals surface area contributed by atoms with E-state index >= 15 is 0 Å². The second kappa shape index (κ2) is 9.87. The summed E-state index contributed by atoms with van der Waals surface area (Å²) in [6.45, 7) is 3.47. The minimum atomic E-state index is -4.21. The summed E-state index contributed by atoms with van der Waals surface area (Å²) < 4.78 is 72.2. The Bertz CT molecular complexity index is 1510. The number of ether oxygens (including phenoxy) is 4. The highest BCUT2D eigenvalue weighted by molar-refractivity contribution is 7.86. The first-order valence-electron chi connectivity index (χ1n) is 13.2. The molecule has 0 unspecified atom stereocenters. The molecule has 0 bridgehead atoms. The zero-order valence-corrected chi connectivity index (χ0v) is 23.3. The van der Waals surface area contributed by atoms with Crippen LogP contribution in [0.1, 0.15) is 51.3 Å². The molecule has 4 atom stereocenters. The molecule has 1 aromatic carbocycles. The minimum absolute atomic E-state index is 0.000452. The highest BCUT2D eigenvalue weighted by Gasteiger charge is 2.64. The molecule has 40 heavy (non-hydrogen) atoms. The number of aryl methyl sites for hydroxylation is 1. The van der Waals surface area contributed by atoms with Crippen molar-refractivity contribution in [3.05, 3.63) is 36.2 Å². The van der Waals surface area contributed by atoms with Gasteiger partial charge < -0.3 is 24.7 Å². The van der Waals surface area contributed by atoms with Gasteiger partial charge in [0.15, 0.2) is 34.6 Å². The molecule has 6 rings (SSSR count). The van der Waals surface area contributed by atoms with Gasteiger partial charge in [-0.25, -0.2) is 9.37 Å². The van der Waals surface area contributed by atoms with E-state index in [0.29, 0.717) is 11.2 Å². The normalized spacial score (nSPS) is 28.4. The van der Waals surface area contributed by atoms with E-state index in [2.05, 4.69) is 15.0 Å². The molecule has 3 fully saturated rings. The number of imidazole rings is 1. The fourth-order valence-electron chi connectivity index (χ4n) is 5.52. The number of anilines is 1. The number of hydrogen-bond donors (Lipinski definition) is 1. The maximum Gasteiger partial charge on any atom is 0.320 e. The lowest BCUT2D eigenvalue weighted by Crippen LogP contribution is -2.49. The first kappa shape index (κ1) is 27.3. The Labute approximate surface area is 231 Å². The van der Waals surface area contributed by atoms with E-state index in [1.807, 2.05) is 6.92 Å². The lowest BCUT2D eigenvalue weighted by molar-refractivity contribution is -0.227. The summed E-state index contributed by atoms with van der Waals surface area (Å²) in [6.07, 6.45) is 2.55. The number of nitrogens with two attached hydrogens (primary N) is 1.